The van der Waals surface area contributed by atoms with Crippen molar-refractivity contribution in [3.05, 3.63) is 48.2 Å². The molecule has 1 saturated carbocycles. The van der Waals surface area contributed by atoms with Crippen LogP contribution >= 0.6 is 0 Å². The quantitative estimate of drug-likeness (QED) is 0.658. The van der Waals surface area contributed by atoms with Gasteiger partial charge in [-0.1, -0.05) is 36.9 Å². The topological polar surface area (TPSA) is 9.23 Å². The van der Waals surface area contributed by atoms with Gasteiger partial charge in [0.1, 0.15) is 12.3 Å². The number of hydrogen-bond donors (Lipinski definition) is 0. The van der Waals surface area contributed by atoms with Gasteiger partial charge in [-0.15, -0.1) is 0 Å². The van der Waals surface area contributed by atoms with Crippen LogP contribution in [-0.4, -0.2) is 5.67 Å². The maximum atomic E-state index is 13.3. The molecule has 1 aromatic rings. The molecular weight excluding hydrogens is 203 g/mol. The average Bonchev–Trinajstić information content (AvgIpc) is 3.04. The molecule has 2 heteroatoms. The molecule has 1 nitrogen and oxygen atoms in total. The van der Waals surface area contributed by atoms with Crippen LogP contribution in [0.1, 0.15) is 31.2 Å². The Morgan fingerprint density at radius 2 is 2.00 bits per heavy atom. The third kappa shape index (κ3) is 3.37. The van der Waals surface area contributed by atoms with E-state index in [0.717, 1.165) is 5.56 Å². The van der Waals surface area contributed by atoms with Crippen molar-refractivity contribution in [2.75, 3.05) is 0 Å². The van der Waals surface area contributed by atoms with Gasteiger partial charge in [0.15, 0.2) is 0 Å². The van der Waals surface area contributed by atoms with Crippen LogP contribution in [-0.2, 0) is 11.3 Å². The van der Waals surface area contributed by atoms with Crippen LogP contribution in [0.3, 0.4) is 0 Å². The van der Waals surface area contributed by atoms with Crippen molar-refractivity contribution in [3.63, 3.8) is 0 Å². The minimum Gasteiger partial charge on any atom is -0.494 e. The molecule has 16 heavy (non-hydrogen) atoms. The Balaban J connectivity index is 1.68. The van der Waals surface area contributed by atoms with E-state index < -0.39 is 5.67 Å². The van der Waals surface area contributed by atoms with E-state index in [0.29, 0.717) is 38.0 Å². The van der Waals surface area contributed by atoms with Gasteiger partial charge in [0.2, 0.25) is 0 Å². The molecule has 0 aliphatic heterocycles. The molecule has 0 atom stereocenters. The van der Waals surface area contributed by atoms with E-state index in [2.05, 4.69) is 6.58 Å². The molecule has 0 unspecified atom stereocenters. The van der Waals surface area contributed by atoms with Gasteiger partial charge in [-0.25, -0.2) is 4.39 Å². The van der Waals surface area contributed by atoms with Crippen molar-refractivity contribution in [1.82, 2.24) is 0 Å². The second kappa shape index (κ2) is 4.69. The molecule has 0 amide bonds. The van der Waals surface area contributed by atoms with Gasteiger partial charge in [0, 0.05) is 6.42 Å². The zero-order valence-corrected chi connectivity index (χ0v) is 9.42. The summed E-state index contributed by atoms with van der Waals surface area (Å²) in [5.41, 5.74) is 0.212. The maximum absolute atomic E-state index is 13.3. The number of benzene rings is 1. The van der Waals surface area contributed by atoms with Crippen molar-refractivity contribution in [1.29, 1.82) is 0 Å². The molecule has 1 aromatic carbocycles. The molecule has 86 valence electrons. The second-order valence-corrected chi connectivity index (χ2v) is 4.46. The largest absolute Gasteiger partial charge is 0.494 e. The Kier molecular flexibility index (Phi) is 3.28. The maximum Gasteiger partial charge on any atom is 0.113 e. The summed E-state index contributed by atoms with van der Waals surface area (Å²) in [6.07, 6.45) is 2.60. The summed E-state index contributed by atoms with van der Waals surface area (Å²) < 4.78 is 18.8. The molecule has 0 radical (unpaired) electrons. The standard InChI is InChI=1S/C14H17FO/c1-12(7-8-14(15)9-10-14)16-11-13-5-3-2-4-6-13/h2-6H,1,7-11H2. The highest BCUT2D eigenvalue weighted by Gasteiger charge is 2.42. The predicted octanol–water partition coefficient (Wildman–Crippen LogP) is 4.00. The zero-order chi connectivity index (χ0) is 11.4. The molecule has 0 bridgehead atoms. The van der Waals surface area contributed by atoms with E-state index in [4.69, 9.17) is 4.74 Å². The molecule has 0 saturated heterocycles. The van der Waals surface area contributed by atoms with Crippen molar-refractivity contribution < 1.29 is 9.13 Å². The summed E-state index contributed by atoms with van der Waals surface area (Å²) >= 11 is 0. The van der Waals surface area contributed by atoms with Gasteiger partial charge in [-0.05, 0) is 24.8 Å². The third-order valence-electron chi connectivity index (χ3n) is 2.93. The Hall–Kier alpha value is -1.31. The number of hydrogen-bond acceptors (Lipinski definition) is 1. The zero-order valence-electron chi connectivity index (χ0n) is 9.42. The Bertz CT molecular complexity index is 354. The monoisotopic (exact) mass is 220 g/mol. The fourth-order valence-electron chi connectivity index (χ4n) is 1.58. The van der Waals surface area contributed by atoms with Crippen LogP contribution in [0.25, 0.3) is 0 Å². The number of halogens is 1. The lowest BCUT2D eigenvalue weighted by molar-refractivity contribution is 0.178. The fraction of sp³-hybridized carbons (Fsp3) is 0.429. The summed E-state index contributed by atoms with van der Waals surface area (Å²) in [5, 5.41) is 0. The Morgan fingerprint density at radius 3 is 2.62 bits per heavy atom. The summed E-state index contributed by atoms with van der Waals surface area (Å²) in [5.74, 6) is 0.688. The highest BCUT2D eigenvalue weighted by molar-refractivity contribution is 5.13. The predicted molar refractivity (Wildman–Crippen MR) is 62.7 cm³/mol. The summed E-state index contributed by atoms with van der Waals surface area (Å²) in [6, 6.07) is 9.93. The van der Waals surface area contributed by atoms with E-state index in [1.807, 2.05) is 30.3 Å². The van der Waals surface area contributed by atoms with E-state index in [-0.39, 0.29) is 0 Å². The number of allylic oxidation sites excluding steroid dienone is 1. The molecule has 1 aliphatic carbocycles. The van der Waals surface area contributed by atoms with Crippen LogP contribution in [0.4, 0.5) is 4.39 Å². The molecule has 1 aliphatic rings. The number of ether oxygens (including phenoxy) is 1. The van der Waals surface area contributed by atoms with Gasteiger partial charge in [0.25, 0.3) is 0 Å². The molecule has 1 fully saturated rings. The molecule has 0 N–H and O–H groups in total. The lowest BCUT2D eigenvalue weighted by Crippen LogP contribution is -2.01. The van der Waals surface area contributed by atoms with E-state index in [1.165, 1.54) is 0 Å². The van der Waals surface area contributed by atoms with E-state index in [9.17, 15) is 4.39 Å². The smallest absolute Gasteiger partial charge is 0.113 e. The minimum absolute atomic E-state index is 0.527. The first-order valence-electron chi connectivity index (χ1n) is 5.71. The summed E-state index contributed by atoms with van der Waals surface area (Å²) in [6.45, 7) is 4.34. The molecular formula is C14H17FO. The molecule has 0 aromatic heterocycles. The lowest BCUT2D eigenvalue weighted by atomic mass is 10.2. The van der Waals surface area contributed by atoms with E-state index >= 15 is 0 Å². The van der Waals surface area contributed by atoms with Gasteiger partial charge in [-0.3, -0.25) is 0 Å². The highest BCUT2D eigenvalue weighted by atomic mass is 19.1. The summed E-state index contributed by atoms with van der Waals surface area (Å²) in [4.78, 5) is 0. The van der Waals surface area contributed by atoms with Crippen LogP contribution in [0, 0.1) is 0 Å². The minimum atomic E-state index is -0.904. The normalized spacial score (nSPS) is 16.8. The molecule has 2 rings (SSSR count). The lowest BCUT2D eigenvalue weighted by Gasteiger charge is -2.10. The van der Waals surface area contributed by atoms with Crippen molar-refractivity contribution in [3.8, 4) is 0 Å². The van der Waals surface area contributed by atoms with Gasteiger partial charge < -0.3 is 4.74 Å². The Labute approximate surface area is 95.9 Å². The van der Waals surface area contributed by atoms with Crippen molar-refractivity contribution in [2.24, 2.45) is 0 Å². The first-order chi connectivity index (χ1) is 7.68. The first kappa shape index (κ1) is 11.2. The summed E-state index contributed by atoms with van der Waals surface area (Å²) in [7, 11) is 0. The van der Waals surface area contributed by atoms with Gasteiger partial charge in [0.05, 0.1) is 5.76 Å². The second-order valence-electron chi connectivity index (χ2n) is 4.46. The van der Waals surface area contributed by atoms with Crippen LogP contribution in [0.5, 0.6) is 0 Å². The van der Waals surface area contributed by atoms with Crippen LogP contribution in [0.2, 0.25) is 0 Å². The van der Waals surface area contributed by atoms with Crippen LogP contribution in [0.15, 0.2) is 42.7 Å². The Morgan fingerprint density at radius 1 is 1.31 bits per heavy atom. The van der Waals surface area contributed by atoms with Gasteiger partial charge >= 0.3 is 0 Å². The average molecular weight is 220 g/mol. The molecule has 0 spiro atoms. The van der Waals surface area contributed by atoms with Crippen molar-refractivity contribution in [2.45, 2.75) is 38.0 Å². The number of alkyl halides is 1. The highest BCUT2D eigenvalue weighted by Crippen LogP contribution is 2.44. The third-order valence-corrected chi connectivity index (χ3v) is 2.93. The first-order valence-corrected chi connectivity index (χ1v) is 5.71. The SMILES string of the molecule is C=C(CCC1(F)CC1)OCc1ccccc1. The number of rotatable bonds is 6. The van der Waals surface area contributed by atoms with Crippen LogP contribution < -0.4 is 0 Å². The van der Waals surface area contributed by atoms with Gasteiger partial charge in [-0.2, -0.15) is 0 Å². The van der Waals surface area contributed by atoms with E-state index in [1.54, 1.807) is 0 Å². The van der Waals surface area contributed by atoms with Crippen molar-refractivity contribution >= 4 is 0 Å². The fourth-order valence-corrected chi connectivity index (χ4v) is 1.58. The molecule has 0 heterocycles.